The van der Waals surface area contributed by atoms with Gasteiger partial charge in [0, 0.05) is 25.8 Å². The predicted octanol–water partition coefficient (Wildman–Crippen LogP) is 2.47. The van der Waals surface area contributed by atoms with Crippen molar-refractivity contribution in [1.82, 2.24) is 14.9 Å². The summed E-state index contributed by atoms with van der Waals surface area (Å²) in [5.74, 6) is 9.10. The van der Waals surface area contributed by atoms with E-state index in [0.29, 0.717) is 12.3 Å². The maximum absolute atomic E-state index is 14.3. The minimum absolute atomic E-state index is 0.0198. The van der Waals surface area contributed by atoms with Crippen molar-refractivity contribution < 1.29 is 13.5 Å². The standard InChI is InChI=1S/C23H28F2N8O/c1-3-32(11-12-34-2)14-15-7-9-16(10-8-15)18-13-29-22(26)21(30-18)23(31-27)33(28)19-6-4-5-17(24)20(19)25/h4-10,13H,3,11-12,14,27-28H2,1-2H3,(H2,26,29)/b31-23-. The molecule has 0 unspecified atom stereocenters. The van der Waals surface area contributed by atoms with Crippen LogP contribution in [0.1, 0.15) is 18.2 Å². The molecule has 9 nitrogen and oxygen atoms in total. The van der Waals surface area contributed by atoms with Crippen molar-refractivity contribution in [2.75, 3.05) is 37.5 Å². The molecule has 0 saturated carbocycles. The lowest BCUT2D eigenvalue weighted by molar-refractivity contribution is 0.147. The third kappa shape index (κ3) is 5.63. The van der Waals surface area contributed by atoms with E-state index in [4.69, 9.17) is 22.2 Å². The Kier molecular flexibility index (Phi) is 8.41. The van der Waals surface area contributed by atoms with Crippen molar-refractivity contribution in [3.8, 4) is 11.3 Å². The van der Waals surface area contributed by atoms with Gasteiger partial charge in [-0.15, -0.1) is 0 Å². The zero-order valence-electron chi connectivity index (χ0n) is 19.1. The smallest absolute Gasteiger partial charge is 0.196 e. The first-order valence-corrected chi connectivity index (χ1v) is 10.6. The summed E-state index contributed by atoms with van der Waals surface area (Å²) >= 11 is 0. The van der Waals surface area contributed by atoms with Gasteiger partial charge in [0.2, 0.25) is 0 Å². The van der Waals surface area contributed by atoms with Crippen molar-refractivity contribution >= 4 is 17.3 Å². The Balaban J connectivity index is 1.87. The Labute approximate surface area is 196 Å². The van der Waals surface area contributed by atoms with E-state index in [-0.39, 0.29) is 23.0 Å². The molecule has 0 aliphatic heterocycles. The molecule has 1 aromatic heterocycles. The molecule has 1 heterocycles. The topological polar surface area (TPSA) is 132 Å². The molecule has 0 spiro atoms. The third-order valence-corrected chi connectivity index (χ3v) is 5.27. The van der Waals surface area contributed by atoms with Crippen LogP contribution >= 0.6 is 0 Å². The maximum atomic E-state index is 14.3. The molecular weight excluding hydrogens is 442 g/mol. The van der Waals surface area contributed by atoms with Crippen LogP contribution in [0.3, 0.4) is 0 Å². The minimum atomic E-state index is -1.16. The van der Waals surface area contributed by atoms with E-state index in [1.165, 1.54) is 18.3 Å². The van der Waals surface area contributed by atoms with E-state index >= 15 is 0 Å². The number of hydrogen-bond acceptors (Lipinski definition) is 8. The summed E-state index contributed by atoms with van der Waals surface area (Å²) in [4.78, 5) is 10.9. The van der Waals surface area contributed by atoms with Crippen molar-refractivity contribution in [3.63, 3.8) is 0 Å². The highest BCUT2D eigenvalue weighted by atomic mass is 19.2. The van der Waals surface area contributed by atoms with E-state index < -0.39 is 11.6 Å². The fourth-order valence-corrected chi connectivity index (χ4v) is 3.34. The van der Waals surface area contributed by atoms with Crippen LogP contribution in [0.25, 0.3) is 11.3 Å². The number of rotatable bonds is 9. The lowest BCUT2D eigenvalue weighted by Gasteiger charge is -2.21. The molecular formula is C23H28F2N8O. The van der Waals surface area contributed by atoms with Crippen LogP contribution in [0.15, 0.2) is 53.8 Å². The third-order valence-electron chi connectivity index (χ3n) is 5.27. The van der Waals surface area contributed by atoms with Gasteiger partial charge in [-0.2, -0.15) is 5.10 Å². The molecule has 0 bridgehead atoms. The van der Waals surface area contributed by atoms with Gasteiger partial charge < -0.3 is 16.3 Å². The van der Waals surface area contributed by atoms with Gasteiger partial charge in [0.05, 0.1) is 24.2 Å². The quantitative estimate of drug-likeness (QED) is 0.188. The van der Waals surface area contributed by atoms with Crippen molar-refractivity contribution in [3.05, 3.63) is 71.6 Å². The number of halogens is 2. The molecule has 2 aromatic carbocycles. The van der Waals surface area contributed by atoms with Crippen LogP contribution in [-0.4, -0.2) is 47.5 Å². The van der Waals surface area contributed by atoms with Crippen LogP contribution in [0.2, 0.25) is 0 Å². The molecule has 0 aliphatic carbocycles. The number of ether oxygens (including phenoxy) is 1. The molecule has 0 radical (unpaired) electrons. The lowest BCUT2D eigenvalue weighted by Crippen LogP contribution is -2.40. The fraction of sp³-hybridized carbons (Fsp3) is 0.261. The Hall–Kier alpha value is -3.67. The van der Waals surface area contributed by atoms with Gasteiger partial charge in [-0.25, -0.2) is 24.6 Å². The summed E-state index contributed by atoms with van der Waals surface area (Å²) in [6.07, 6.45) is 1.50. The van der Waals surface area contributed by atoms with Crippen molar-refractivity contribution in [2.24, 2.45) is 16.8 Å². The minimum Gasteiger partial charge on any atom is -0.383 e. The number of methoxy groups -OCH3 is 1. The normalized spacial score (nSPS) is 11.8. The van der Waals surface area contributed by atoms with Gasteiger partial charge in [0.15, 0.2) is 29.0 Å². The Bertz CT molecular complexity index is 1140. The first-order chi connectivity index (χ1) is 16.4. The number of benzene rings is 2. The Morgan fingerprint density at radius 2 is 1.88 bits per heavy atom. The summed E-state index contributed by atoms with van der Waals surface area (Å²) < 4.78 is 33.1. The van der Waals surface area contributed by atoms with Gasteiger partial charge in [-0.05, 0) is 24.2 Å². The van der Waals surface area contributed by atoms with Crippen molar-refractivity contribution in [2.45, 2.75) is 13.5 Å². The number of likely N-dealkylation sites (N-methyl/N-ethyl adjacent to an activating group) is 1. The molecule has 3 aromatic rings. The van der Waals surface area contributed by atoms with Gasteiger partial charge in [0.25, 0.3) is 0 Å². The van der Waals surface area contributed by atoms with Gasteiger partial charge in [-0.1, -0.05) is 37.3 Å². The molecule has 0 atom stereocenters. The largest absolute Gasteiger partial charge is 0.383 e. The second-order valence-corrected chi connectivity index (χ2v) is 7.44. The van der Waals surface area contributed by atoms with Crippen LogP contribution in [0.4, 0.5) is 20.3 Å². The monoisotopic (exact) mass is 470 g/mol. The molecule has 0 fully saturated rings. The number of hydrazine groups is 1. The first-order valence-electron chi connectivity index (χ1n) is 10.6. The number of nitrogens with zero attached hydrogens (tertiary/aromatic N) is 5. The zero-order valence-corrected chi connectivity index (χ0v) is 19.1. The number of hydrazone groups is 1. The number of hydrogen-bond donors (Lipinski definition) is 3. The highest BCUT2D eigenvalue weighted by Crippen LogP contribution is 2.24. The number of amidine groups is 1. The molecule has 3 rings (SSSR count). The Morgan fingerprint density at radius 1 is 1.15 bits per heavy atom. The lowest BCUT2D eigenvalue weighted by atomic mass is 10.1. The van der Waals surface area contributed by atoms with Crippen LogP contribution < -0.4 is 22.4 Å². The molecule has 0 amide bonds. The Morgan fingerprint density at radius 3 is 2.53 bits per heavy atom. The van der Waals surface area contributed by atoms with Crippen LogP contribution in [0.5, 0.6) is 0 Å². The predicted molar refractivity (Wildman–Crippen MR) is 128 cm³/mol. The van der Waals surface area contributed by atoms with E-state index in [1.807, 2.05) is 24.3 Å². The van der Waals surface area contributed by atoms with Gasteiger partial charge in [-0.3, -0.25) is 9.91 Å². The summed E-state index contributed by atoms with van der Waals surface area (Å²) in [5, 5.41) is 4.39. The SMILES string of the molecule is CCN(CCOC)Cc1ccc(-c2cnc(N)c(/C(=N/N)N(N)c3cccc(F)c3F)n2)cc1. The highest BCUT2D eigenvalue weighted by Gasteiger charge is 2.22. The molecule has 11 heteroatoms. The van der Waals surface area contributed by atoms with E-state index in [9.17, 15) is 8.78 Å². The average Bonchev–Trinajstić information content (AvgIpc) is 2.85. The average molecular weight is 471 g/mol. The molecule has 0 saturated heterocycles. The zero-order chi connectivity index (χ0) is 24.7. The van der Waals surface area contributed by atoms with E-state index in [0.717, 1.165) is 41.8 Å². The number of nitrogen functional groups attached to an aromatic ring is 1. The summed E-state index contributed by atoms with van der Waals surface area (Å²) in [6, 6.07) is 11.4. The number of aromatic nitrogens is 2. The van der Waals surface area contributed by atoms with E-state index in [2.05, 4.69) is 26.9 Å². The first kappa shape index (κ1) is 25.0. The molecule has 0 aliphatic rings. The van der Waals surface area contributed by atoms with E-state index in [1.54, 1.807) is 7.11 Å². The highest BCUT2D eigenvalue weighted by molar-refractivity contribution is 6.10. The van der Waals surface area contributed by atoms with Gasteiger partial charge in [0.1, 0.15) is 0 Å². The second kappa shape index (κ2) is 11.5. The summed E-state index contributed by atoms with van der Waals surface area (Å²) in [5.41, 5.74) is 8.12. The molecule has 6 N–H and O–H groups in total. The van der Waals surface area contributed by atoms with Crippen molar-refractivity contribution in [1.29, 1.82) is 0 Å². The maximum Gasteiger partial charge on any atom is 0.196 e. The van der Waals surface area contributed by atoms with Crippen LogP contribution in [0, 0.1) is 11.6 Å². The van der Waals surface area contributed by atoms with Crippen LogP contribution in [-0.2, 0) is 11.3 Å². The summed E-state index contributed by atoms with van der Waals surface area (Å²) in [6.45, 7) is 5.29. The van der Waals surface area contributed by atoms with Gasteiger partial charge >= 0.3 is 0 Å². The molecule has 180 valence electrons. The second-order valence-electron chi connectivity index (χ2n) is 7.44. The summed E-state index contributed by atoms with van der Waals surface area (Å²) in [7, 11) is 1.68. The fourth-order valence-electron chi connectivity index (χ4n) is 3.34. The number of anilines is 2. The molecule has 34 heavy (non-hydrogen) atoms. The number of nitrogens with two attached hydrogens (primary N) is 3.